The number of hydrogen-bond donors (Lipinski definition) is 4. The average molecular weight is 315 g/mol. The van der Waals surface area contributed by atoms with Crippen LogP contribution in [0.5, 0.6) is 5.75 Å². The van der Waals surface area contributed by atoms with E-state index in [1.807, 2.05) is 0 Å². The van der Waals surface area contributed by atoms with Crippen molar-refractivity contribution in [1.82, 2.24) is 4.90 Å². The summed E-state index contributed by atoms with van der Waals surface area (Å²) in [5.41, 5.74) is 6.91. The summed E-state index contributed by atoms with van der Waals surface area (Å²) in [7, 11) is 0. The predicted octanol–water partition coefficient (Wildman–Crippen LogP) is 0.584. The first-order valence-corrected chi connectivity index (χ1v) is 7.16. The molecule has 1 aromatic carbocycles. The van der Waals surface area contributed by atoms with Gasteiger partial charge in [-0.2, -0.15) is 0 Å². The highest BCUT2D eigenvalue weighted by atomic mass is 16.3. The van der Waals surface area contributed by atoms with E-state index in [2.05, 4.69) is 5.32 Å². The SMILES string of the molecule is Cc1ccc2c(c1O)N[C@@H](O)[C@@H]1CC(/C=C/C(N)=O)=CN1C2=O. The smallest absolute Gasteiger partial charge is 0.260 e. The lowest BCUT2D eigenvalue weighted by Gasteiger charge is -2.24. The summed E-state index contributed by atoms with van der Waals surface area (Å²) >= 11 is 0. The molecule has 1 aromatic rings. The van der Waals surface area contributed by atoms with Crippen molar-refractivity contribution >= 4 is 17.5 Å². The molecule has 0 unspecified atom stereocenters. The standard InChI is InChI=1S/C16H17N3O4/c1-8-2-4-10-13(14(8)21)18-15(22)11-6-9(3-5-12(17)20)7-19(11)16(10)23/h2-5,7,11,15,18,21-22H,6H2,1H3,(H2,17,20)/b5-3+/t11-,15-/m0/s1. The van der Waals surface area contributed by atoms with Crippen molar-refractivity contribution in [2.24, 2.45) is 5.73 Å². The van der Waals surface area contributed by atoms with E-state index in [9.17, 15) is 19.8 Å². The fraction of sp³-hybridized carbons (Fsp3) is 0.250. The maximum absolute atomic E-state index is 12.7. The van der Waals surface area contributed by atoms with Gasteiger partial charge in [-0.25, -0.2) is 0 Å². The molecule has 0 radical (unpaired) electrons. The molecule has 2 heterocycles. The molecule has 2 aliphatic rings. The molecule has 0 spiro atoms. The summed E-state index contributed by atoms with van der Waals surface area (Å²) in [4.78, 5) is 25.0. The average Bonchev–Trinajstić information content (AvgIpc) is 2.90. The van der Waals surface area contributed by atoms with E-state index >= 15 is 0 Å². The molecule has 7 heteroatoms. The monoisotopic (exact) mass is 315 g/mol. The number of aliphatic hydroxyl groups is 1. The lowest BCUT2D eigenvalue weighted by molar-refractivity contribution is -0.113. The summed E-state index contributed by atoms with van der Waals surface area (Å²) < 4.78 is 0. The quantitative estimate of drug-likeness (QED) is 0.471. The third-order valence-corrected chi connectivity index (χ3v) is 4.07. The third kappa shape index (κ3) is 2.55. The lowest BCUT2D eigenvalue weighted by Crippen LogP contribution is -2.42. The lowest BCUT2D eigenvalue weighted by atomic mass is 10.1. The number of aryl methyl sites for hydroxylation is 1. The molecule has 0 saturated heterocycles. The van der Waals surface area contributed by atoms with Crippen molar-refractivity contribution in [1.29, 1.82) is 0 Å². The van der Waals surface area contributed by atoms with E-state index in [0.717, 1.165) is 0 Å². The van der Waals surface area contributed by atoms with Crippen LogP contribution < -0.4 is 11.1 Å². The van der Waals surface area contributed by atoms with Crippen LogP contribution in [0.25, 0.3) is 0 Å². The molecular formula is C16H17N3O4. The first-order chi connectivity index (χ1) is 10.9. The van der Waals surface area contributed by atoms with Crippen LogP contribution in [0, 0.1) is 6.92 Å². The number of rotatable bonds is 2. The van der Waals surface area contributed by atoms with Crippen LogP contribution in [-0.4, -0.2) is 39.2 Å². The molecule has 0 aliphatic carbocycles. The number of benzene rings is 1. The van der Waals surface area contributed by atoms with Gasteiger partial charge in [-0.3, -0.25) is 9.59 Å². The van der Waals surface area contributed by atoms with Gasteiger partial charge in [-0.1, -0.05) is 12.1 Å². The van der Waals surface area contributed by atoms with Crippen molar-refractivity contribution in [2.45, 2.75) is 25.6 Å². The molecule has 5 N–H and O–H groups in total. The molecule has 7 nitrogen and oxygen atoms in total. The summed E-state index contributed by atoms with van der Waals surface area (Å²) in [6.45, 7) is 1.72. The highest BCUT2D eigenvalue weighted by molar-refractivity contribution is 6.03. The molecule has 2 atom stereocenters. The number of nitrogens with zero attached hydrogens (tertiary/aromatic N) is 1. The van der Waals surface area contributed by atoms with E-state index in [1.54, 1.807) is 25.3 Å². The number of carbonyl (C=O) groups is 2. The number of phenols is 1. The van der Waals surface area contributed by atoms with Crippen molar-refractivity contribution < 1.29 is 19.8 Å². The van der Waals surface area contributed by atoms with Gasteiger partial charge < -0.3 is 26.2 Å². The molecule has 0 saturated carbocycles. The molecule has 23 heavy (non-hydrogen) atoms. The Labute approximate surface area is 132 Å². The Morgan fingerprint density at radius 3 is 2.91 bits per heavy atom. The summed E-state index contributed by atoms with van der Waals surface area (Å²) in [6.07, 6.45) is 3.65. The second kappa shape index (κ2) is 5.44. The van der Waals surface area contributed by atoms with E-state index in [1.165, 1.54) is 17.1 Å². The molecule has 2 amide bonds. The van der Waals surface area contributed by atoms with Crippen molar-refractivity contribution in [3.63, 3.8) is 0 Å². The topological polar surface area (TPSA) is 116 Å². The van der Waals surface area contributed by atoms with Crippen LogP contribution in [0.4, 0.5) is 5.69 Å². The fourth-order valence-electron chi connectivity index (χ4n) is 2.84. The van der Waals surface area contributed by atoms with Crippen LogP contribution in [0.1, 0.15) is 22.3 Å². The summed E-state index contributed by atoms with van der Waals surface area (Å²) in [6, 6.07) is 2.73. The number of nitrogens with two attached hydrogens (primary N) is 1. The van der Waals surface area contributed by atoms with Crippen LogP contribution in [0.3, 0.4) is 0 Å². The molecular weight excluding hydrogens is 298 g/mol. The zero-order valence-electron chi connectivity index (χ0n) is 12.5. The largest absolute Gasteiger partial charge is 0.505 e. The Balaban J connectivity index is 2.01. The predicted molar refractivity (Wildman–Crippen MR) is 83.5 cm³/mol. The third-order valence-electron chi connectivity index (χ3n) is 4.07. The van der Waals surface area contributed by atoms with Crippen LogP contribution in [0.2, 0.25) is 0 Å². The van der Waals surface area contributed by atoms with Gasteiger partial charge in [0.15, 0.2) is 0 Å². The van der Waals surface area contributed by atoms with Gasteiger partial charge in [0.2, 0.25) is 5.91 Å². The van der Waals surface area contributed by atoms with E-state index in [0.29, 0.717) is 17.6 Å². The molecule has 0 aromatic heterocycles. The summed E-state index contributed by atoms with van der Waals surface area (Å²) in [5.74, 6) is -0.954. The Morgan fingerprint density at radius 1 is 1.48 bits per heavy atom. The summed E-state index contributed by atoms with van der Waals surface area (Å²) in [5, 5.41) is 23.3. The van der Waals surface area contributed by atoms with Crippen molar-refractivity contribution in [3.8, 4) is 5.75 Å². The number of amides is 2. The van der Waals surface area contributed by atoms with Crippen molar-refractivity contribution in [3.05, 3.63) is 47.2 Å². The number of anilines is 1. The minimum Gasteiger partial charge on any atom is -0.505 e. The molecule has 120 valence electrons. The second-order valence-corrected chi connectivity index (χ2v) is 5.67. The van der Waals surface area contributed by atoms with E-state index in [-0.39, 0.29) is 22.9 Å². The first kappa shape index (κ1) is 15.1. The van der Waals surface area contributed by atoms with Gasteiger partial charge in [0.25, 0.3) is 5.91 Å². The van der Waals surface area contributed by atoms with Gasteiger partial charge >= 0.3 is 0 Å². The molecule has 3 rings (SSSR count). The fourth-order valence-corrected chi connectivity index (χ4v) is 2.84. The van der Waals surface area contributed by atoms with E-state index in [4.69, 9.17) is 5.73 Å². The van der Waals surface area contributed by atoms with Gasteiger partial charge in [0.1, 0.15) is 12.0 Å². The number of hydrogen-bond acceptors (Lipinski definition) is 5. The highest BCUT2D eigenvalue weighted by Crippen LogP contribution is 2.38. The number of primary amides is 1. The number of fused-ring (bicyclic) bond motifs is 2. The van der Waals surface area contributed by atoms with Crippen LogP contribution in [0.15, 0.2) is 36.1 Å². The molecule has 0 fully saturated rings. The minimum absolute atomic E-state index is 0.0473. The maximum atomic E-state index is 12.7. The zero-order valence-corrected chi connectivity index (χ0v) is 12.5. The number of aliphatic hydroxyl groups excluding tert-OH is 1. The Hall–Kier alpha value is -2.80. The molecule has 2 aliphatic heterocycles. The number of carbonyl (C=O) groups excluding carboxylic acids is 2. The number of phenolic OH excluding ortho intramolecular Hbond substituents is 1. The Bertz CT molecular complexity index is 754. The Kier molecular flexibility index (Phi) is 3.57. The number of allylic oxidation sites excluding steroid dienone is 1. The van der Waals surface area contributed by atoms with Gasteiger partial charge in [-0.05, 0) is 30.5 Å². The van der Waals surface area contributed by atoms with E-state index < -0.39 is 18.2 Å². The zero-order chi connectivity index (χ0) is 16.7. The van der Waals surface area contributed by atoms with Gasteiger partial charge in [-0.15, -0.1) is 0 Å². The van der Waals surface area contributed by atoms with Crippen molar-refractivity contribution in [2.75, 3.05) is 5.32 Å². The first-order valence-electron chi connectivity index (χ1n) is 7.16. The number of aromatic hydroxyl groups is 1. The maximum Gasteiger partial charge on any atom is 0.260 e. The highest BCUT2D eigenvalue weighted by Gasteiger charge is 2.39. The minimum atomic E-state index is -1.05. The number of nitrogens with one attached hydrogen (secondary N) is 1. The second-order valence-electron chi connectivity index (χ2n) is 5.67. The van der Waals surface area contributed by atoms with Gasteiger partial charge in [0.05, 0.1) is 17.3 Å². The normalized spacial score (nSPS) is 23.1. The Morgan fingerprint density at radius 2 is 2.22 bits per heavy atom. The van der Waals surface area contributed by atoms with Crippen LogP contribution in [-0.2, 0) is 4.79 Å². The molecule has 0 bridgehead atoms. The van der Waals surface area contributed by atoms with Gasteiger partial charge in [0, 0.05) is 12.3 Å². The van der Waals surface area contributed by atoms with Crippen LogP contribution >= 0.6 is 0 Å².